The van der Waals surface area contributed by atoms with Gasteiger partial charge in [-0.15, -0.1) is 0 Å². The lowest BCUT2D eigenvalue weighted by Crippen LogP contribution is -2.16. The van der Waals surface area contributed by atoms with Crippen molar-refractivity contribution in [3.63, 3.8) is 0 Å². The summed E-state index contributed by atoms with van der Waals surface area (Å²) < 4.78 is 0. The molecule has 1 aromatic carbocycles. The lowest BCUT2D eigenvalue weighted by molar-refractivity contribution is 0.0696. The molecule has 0 unspecified atom stereocenters. The smallest absolute Gasteiger partial charge is 0.335 e. The van der Waals surface area contributed by atoms with Crippen LogP contribution in [0.3, 0.4) is 0 Å². The number of carbonyl (C=O) groups is 3. The highest BCUT2D eigenvalue weighted by Gasteiger charge is 2.24. The van der Waals surface area contributed by atoms with Crippen molar-refractivity contribution in [2.45, 2.75) is 6.92 Å². The molecule has 16 heavy (non-hydrogen) atoms. The zero-order valence-corrected chi connectivity index (χ0v) is 8.48. The van der Waals surface area contributed by atoms with Gasteiger partial charge in [-0.3, -0.25) is 9.59 Å². The van der Waals surface area contributed by atoms with Crippen molar-refractivity contribution in [2.75, 3.05) is 0 Å². The van der Waals surface area contributed by atoms with Crippen LogP contribution in [0.4, 0.5) is 0 Å². The summed E-state index contributed by atoms with van der Waals surface area (Å²) in [5.41, 5.74) is 0.778. The first-order valence-electron chi connectivity index (χ1n) is 4.65. The quantitative estimate of drug-likeness (QED) is 0.775. The number of fused-ring (bicyclic) bond motifs is 1. The van der Waals surface area contributed by atoms with Gasteiger partial charge in [0.25, 0.3) is 0 Å². The molecule has 0 bridgehead atoms. The van der Waals surface area contributed by atoms with Crippen molar-refractivity contribution in [3.8, 4) is 0 Å². The second-order valence-corrected chi connectivity index (χ2v) is 3.59. The molecule has 1 aliphatic rings. The van der Waals surface area contributed by atoms with Crippen molar-refractivity contribution in [2.24, 2.45) is 0 Å². The predicted molar refractivity (Wildman–Crippen MR) is 55.8 cm³/mol. The lowest BCUT2D eigenvalue weighted by atomic mass is 9.89. The molecule has 4 nitrogen and oxygen atoms in total. The van der Waals surface area contributed by atoms with Gasteiger partial charge in [0.15, 0.2) is 11.6 Å². The number of rotatable bonds is 1. The van der Waals surface area contributed by atoms with Crippen LogP contribution in [0.1, 0.15) is 38.0 Å². The third kappa shape index (κ3) is 1.44. The largest absolute Gasteiger partial charge is 0.478 e. The van der Waals surface area contributed by atoms with Crippen LogP contribution in [0.25, 0.3) is 0 Å². The van der Waals surface area contributed by atoms with Gasteiger partial charge in [-0.25, -0.2) is 4.79 Å². The summed E-state index contributed by atoms with van der Waals surface area (Å²) >= 11 is 0. The Bertz CT molecular complexity index is 552. The standard InChI is InChI=1S/C12H8O4/c1-6-4-10(13)8-3-2-7(12(15)16)5-9(8)11(6)14/h2-5H,1H3,(H,15,16). The van der Waals surface area contributed by atoms with Crippen LogP contribution in [-0.2, 0) is 0 Å². The zero-order valence-electron chi connectivity index (χ0n) is 8.48. The number of aromatic carboxylic acids is 1. The Morgan fingerprint density at radius 3 is 2.50 bits per heavy atom. The summed E-state index contributed by atoms with van der Waals surface area (Å²) in [5.74, 6) is -1.67. The molecule has 0 saturated heterocycles. The summed E-state index contributed by atoms with van der Waals surface area (Å²) in [6.45, 7) is 1.54. The van der Waals surface area contributed by atoms with Gasteiger partial charge in [-0.2, -0.15) is 0 Å². The highest BCUT2D eigenvalue weighted by Crippen LogP contribution is 2.22. The van der Waals surface area contributed by atoms with Gasteiger partial charge in [-0.05, 0) is 31.2 Å². The lowest BCUT2D eigenvalue weighted by Gasteiger charge is -2.12. The molecule has 0 aliphatic heterocycles. The fourth-order valence-electron chi connectivity index (χ4n) is 1.63. The Morgan fingerprint density at radius 2 is 1.88 bits per heavy atom. The Balaban J connectivity index is 2.65. The number of Topliss-reactive ketones (excluding diaryl/α,β-unsaturated/α-hetero) is 1. The van der Waals surface area contributed by atoms with E-state index in [1.165, 1.54) is 31.2 Å². The average Bonchev–Trinajstić information content (AvgIpc) is 2.25. The normalized spacial score (nSPS) is 14.4. The molecule has 0 atom stereocenters. The van der Waals surface area contributed by atoms with E-state index in [2.05, 4.69) is 0 Å². The maximum Gasteiger partial charge on any atom is 0.335 e. The molecule has 1 aromatic rings. The summed E-state index contributed by atoms with van der Waals surface area (Å²) in [6, 6.07) is 3.94. The van der Waals surface area contributed by atoms with Crippen LogP contribution in [0.2, 0.25) is 0 Å². The van der Waals surface area contributed by atoms with Crippen LogP contribution in [0.15, 0.2) is 29.8 Å². The van der Waals surface area contributed by atoms with Gasteiger partial charge in [-0.1, -0.05) is 0 Å². The van der Waals surface area contributed by atoms with Gasteiger partial charge in [0.05, 0.1) is 5.56 Å². The Kier molecular flexibility index (Phi) is 2.20. The van der Waals surface area contributed by atoms with Crippen LogP contribution in [0.5, 0.6) is 0 Å². The van der Waals surface area contributed by atoms with E-state index in [1.807, 2.05) is 0 Å². The maximum atomic E-state index is 11.7. The van der Waals surface area contributed by atoms with E-state index in [0.717, 1.165) is 0 Å². The highest BCUT2D eigenvalue weighted by atomic mass is 16.4. The molecule has 1 aliphatic carbocycles. The average molecular weight is 216 g/mol. The fraction of sp³-hybridized carbons (Fsp3) is 0.0833. The van der Waals surface area contributed by atoms with E-state index >= 15 is 0 Å². The van der Waals surface area contributed by atoms with Gasteiger partial charge in [0, 0.05) is 16.7 Å². The van der Waals surface area contributed by atoms with Crippen molar-refractivity contribution >= 4 is 17.5 Å². The topological polar surface area (TPSA) is 71.4 Å². The molecule has 0 radical (unpaired) electrons. The first kappa shape index (κ1) is 10.3. The maximum absolute atomic E-state index is 11.7. The summed E-state index contributed by atoms with van der Waals surface area (Å²) in [7, 11) is 0. The number of hydrogen-bond donors (Lipinski definition) is 1. The first-order chi connectivity index (χ1) is 7.50. The predicted octanol–water partition coefficient (Wildman–Crippen LogP) is 1.71. The third-order valence-corrected chi connectivity index (χ3v) is 2.48. The molecule has 80 valence electrons. The number of carboxylic acids is 1. The van der Waals surface area contributed by atoms with Crippen LogP contribution < -0.4 is 0 Å². The highest BCUT2D eigenvalue weighted by molar-refractivity contribution is 6.24. The number of benzene rings is 1. The first-order valence-corrected chi connectivity index (χ1v) is 4.65. The number of carboxylic acid groups (broad SMARTS) is 1. The molecule has 0 heterocycles. The molecule has 0 aromatic heterocycles. The van der Waals surface area contributed by atoms with Crippen molar-refractivity contribution in [1.82, 2.24) is 0 Å². The molecule has 2 rings (SSSR count). The van der Waals surface area contributed by atoms with Crippen LogP contribution in [0, 0.1) is 0 Å². The molecular weight excluding hydrogens is 208 g/mol. The molecular formula is C12H8O4. The van der Waals surface area contributed by atoms with E-state index < -0.39 is 5.97 Å². The molecule has 4 heteroatoms. The van der Waals surface area contributed by atoms with Crippen molar-refractivity contribution < 1.29 is 19.5 Å². The van der Waals surface area contributed by atoms with E-state index in [-0.39, 0.29) is 28.3 Å². The van der Waals surface area contributed by atoms with E-state index in [4.69, 9.17) is 5.11 Å². The zero-order chi connectivity index (χ0) is 11.9. The second-order valence-electron chi connectivity index (χ2n) is 3.59. The van der Waals surface area contributed by atoms with E-state index in [1.54, 1.807) is 0 Å². The van der Waals surface area contributed by atoms with Crippen molar-refractivity contribution in [1.29, 1.82) is 0 Å². The molecule has 0 saturated carbocycles. The number of carbonyl (C=O) groups excluding carboxylic acids is 2. The summed E-state index contributed by atoms with van der Waals surface area (Å²) in [4.78, 5) is 34.0. The summed E-state index contributed by atoms with van der Waals surface area (Å²) in [6.07, 6.45) is 1.27. The number of allylic oxidation sites excluding steroid dienone is 2. The Morgan fingerprint density at radius 1 is 1.19 bits per heavy atom. The molecule has 0 amide bonds. The minimum absolute atomic E-state index is 0.00889. The third-order valence-electron chi connectivity index (χ3n) is 2.48. The van der Waals surface area contributed by atoms with Crippen LogP contribution in [-0.4, -0.2) is 22.6 Å². The summed E-state index contributed by atoms with van der Waals surface area (Å²) in [5, 5.41) is 8.79. The van der Waals surface area contributed by atoms with Crippen LogP contribution >= 0.6 is 0 Å². The van der Waals surface area contributed by atoms with Gasteiger partial charge in [0.1, 0.15) is 0 Å². The fourth-order valence-corrected chi connectivity index (χ4v) is 1.63. The minimum atomic E-state index is -1.12. The van der Waals surface area contributed by atoms with Crippen molar-refractivity contribution in [3.05, 3.63) is 46.5 Å². The number of ketones is 2. The SMILES string of the molecule is CC1=CC(=O)c2ccc(C(=O)O)cc2C1=O. The Hall–Kier alpha value is -2.23. The monoisotopic (exact) mass is 216 g/mol. The van der Waals surface area contributed by atoms with E-state index in [0.29, 0.717) is 5.57 Å². The second kappa shape index (κ2) is 3.41. The van der Waals surface area contributed by atoms with Gasteiger partial charge < -0.3 is 5.11 Å². The molecule has 0 fully saturated rings. The minimum Gasteiger partial charge on any atom is -0.478 e. The Labute approximate surface area is 91.2 Å². The van der Waals surface area contributed by atoms with Gasteiger partial charge in [0.2, 0.25) is 0 Å². The molecule has 0 spiro atoms. The van der Waals surface area contributed by atoms with E-state index in [9.17, 15) is 14.4 Å². The van der Waals surface area contributed by atoms with Gasteiger partial charge >= 0.3 is 5.97 Å². The number of hydrogen-bond acceptors (Lipinski definition) is 3. The molecule has 1 N–H and O–H groups in total.